The average molecular weight is 258 g/mol. The van der Waals surface area contributed by atoms with Crippen LogP contribution in [0.2, 0.25) is 0 Å². The maximum absolute atomic E-state index is 10.4. The summed E-state index contributed by atoms with van der Waals surface area (Å²) in [5, 5.41) is 8.57. The summed E-state index contributed by atoms with van der Waals surface area (Å²) >= 11 is 0. The van der Waals surface area contributed by atoms with Crippen molar-refractivity contribution < 1.29 is 9.90 Å². The number of aliphatic carboxylic acids is 1. The van der Waals surface area contributed by atoms with Gasteiger partial charge in [-0.3, -0.25) is 0 Å². The molecule has 2 rings (SSSR count). The maximum Gasteiger partial charge on any atom is 0.327 e. The predicted octanol–water partition coefficient (Wildman–Crippen LogP) is 4.30. The highest BCUT2D eigenvalue weighted by Gasteiger charge is 2.21. The summed E-state index contributed by atoms with van der Waals surface area (Å²) in [6, 6.07) is 8.89. The molecule has 0 spiro atoms. The van der Waals surface area contributed by atoms with Gasteiger partial charge in [-0.2, -0.15) is 0 Å². The van der Waals surface area contributed by atoms with Crippen molar-refractivity contribution >= 4 is 5.97 Å². The average Bonchev–Trinajstić information content (AvgIpc) is 2.40. The SMILES string of the molecule is Cc1ccc(C2CCC(C/C=C/C(=O)O)CC2)cc1. The zero-order chi connectivity index (χ0) is 13.7. The van der Waals surface area contributed by atoms with E-state index in [1.165, 1.54) is 42.9 Å². The number of carboxylic acids is 1. The zero-order valence-corrected chi connectivity index (χ0v) is 11.5. The summed E-state index contributed by atoms with van der Waals surface area (Å²) in [5.74, 6) is 0.519. The molecule has 102 valence electrons. The third-order valence-corrected chi connectivity index (χ3v) is 4.13. The van der Waals surface area contributed by atoms with Gasteiger partial charge in [-0.25, -0.2) is 4.79 Å². The van der Waals surface area contributed by atoms with Gasteiger partial charge in [0, 0.05) is 6.08 Å². The molecule has 19 heavy (non-hydrogen) atoms. The number of aryl methyl sites for hydroxylation is 1. The molecule has 0 unspecified atom stereocenters. The second-order valence-corrected chi connectivity index (χ2v) is 5.60. The molecule has 1 aliphatic rings. The van der Waals surface area contributed by atoms with Gasteiger partial charge in [0.1, 0.15) is 0 Å². The fourth-order valence-electron chi connectivity index (χ4n) is 2.93. The van der Waals surface area contributed by atoms with E-state index in [0.717, 1.165) is 6.42 Å². The number of allylic oxidation sites excluding steroid dienone is 1. The van der Waals surface area contributed by atoms with E-state index >= 15 is 0 Å². The molecule has 0 amide bonds. The van der Waals surface area contributed by atoms with Gasteiger partial charge in [0.15, 0.2) is 0 Å². The smallest absolute Gasteiger partial charge is 0.327 e. The first-order valence-electron chi connectivity index (χ1n) is 7.11. The van der Waals surface area contributed by atoms with Crippen molar-refractivity contribution in [3.63, 3.8) is 0 Å². The molecule has 1 saturated carbocycles. The highest BCUT2D eigenvalue weighted by molar-refractivity contribution is 5.79. The molecule has 0 aliphatic heterocycles. The number of rotatable bonds is 4. The van der Waals surface area contributed by atoms with Gasteiger partial charge in [-0.05, 0) is 56.4 Å². The lowest BCUT2D eigenvalue weighted by molar-refractivity contribution is -0.131. The molecule has 0 atom stereocenters. The van der Waals surface area contributed by atoms with Crippen LogP contribution in [-0.4, -0.2) is 11.1 Å². The van der Waals surface area contributed by atoms with Gasteiger partial charge in [0.2, 0.25) is 0 Å². The predicted molar refractivity (Wildman–Crippen MR) is 77.3 cm³/mol. The Balaban J connectivity index is 1.82. The molecule has 0 bridgehead atoms. The Bertz CT molecular complexity index is 437. The highest BCUT2D eigenvalue weighted by Crippen LogP contribution is 2.37. The Labute approximate surface area is 115 Å². The summed E-state index contributed by atoms with van der Waals surface area (Å²) in [7, 11) is 0. The molecule has 0 aromatic heterocycles. The van der Waals surface area contributed by atoms with Gasteiger partial charge >= 0.3 is 5.97 Å². The Hall–Kier alpha value is -1.57. The molecule has 1 aliphatic carbocycles. The van der Waals surface area contributed by atoms with E-state index < -0.39 is 5.97 Å². The fraction of sp³-hybridized carbons (Fsp3) is 0.471. The van der Waals surface area contributed by atoms with E-state index in [9.17, 15) is 4.79 Å². The molecule has 0 heterocycles. The van der Waals surface area contributed by atoms with Gasteiger partial charge in [0.05, 0.1) is 0 Å². The van der Waals surface area contributed by atoms with E-state index in [2.05, 4.69) is 31.2 Å². The molecule has 0 radical (unpaired) electrons. The second-order valence-electron chi connectivity index (χ2n) is 5.60. The summed E-state index contributed by atoms with van der Waals surface area (Å²) in [4.78, 5) is 10.4. The molecular formula is C17H22O2. The minimum absolute atomic E-state index is 0.664. The molecule has 1 aromatic rings. The van der Waals surface area contributed by atoms with Crippen molar-refractivity contribution in [2.75, 3.05) is 0 Å². The largest absolute Gasteiger partial charge is 0.478 e. The first kappa shape index (κ1) is 13.9. The van der Waals surface area contributed by atoms with Crippen LogP contribution in [0, 0.1) is 12.8 Å². The summed E-state index contributed by atoms with van der Waals surface area (Å²) in [5.41, 5.74) is 2.78. The van der Waals surface area contributed by atoms with Crippen LogP contribution in [0.4, 0.5) is 0 Å². The van der Waals surface area contributed by atoms with Crippen LogP contribution < -0.4 is 0 Å². The zero-order valence-electron chi connectivity index (χ0n) is 11.5. The minimum Gasteiger partial charge on any atom is -0.478 e. The lowest BCUT2D eigenvalue weighted by Crippen LogP contribution is -2.12. The number of benzene rings is 1. The van der Waals surface area contributed by atoms with Crippen molar-refractivity contribution in [1.29, 1.82) is 0 Å². The van der Waals surface area contributed by atoms with Crippen molar-refractivity contribution in [2.24, 2.45) is 5.92 Å². The van der Waals surface area contributed by atoms with Crippen LogP contribution in [0.15, 0.2) is 36.4 Å². The third-order valence-electron chi connectivity index (χ3n) is 4.13. The second kappa shape index (κ2) is 6.55. The normalized spacial score (nSPS) is 23.6. The fourth-order valence-corrected chi connectivity index (χ4v) is 2.93. The van der Waals surface area contributed by atoms with Crippen LogP contribution in [-0.2, 0) is 4.79 Å². The monoisotopic (exact) mass is 258 g/mol. The summed E-state index contributed by atoms with van der Waals surface area (Å²) < 4.78 is 0. The molecule has 1 N–H and O–H groups in total. The van der Waals surface area contributed by atoms with Crippen LogP contribution in [0.3, 0.4) is 0 Å². The van der Waals surface area contributed by atoms with Crippen LogP contribution in [0.25, 0.3) is 0 Å². The lowest BCUT2D eigenvalue weighted by atomic mass is 9.77. The maximum atomic E-state index is 10.4. The molecule has 2 heteroatoms. The Kier molecular flexibility index (Phi) is 4.78. The lowest BCUT2D eigenvalue weighted by Gasteiger charge is -2.28. The van der Waals surface area contributed by atoms with E-state index in [-0.39, 0.29) is 0 Å². The van der Waals surface area contributed by atoms with E-state index in [1.807, 2.05) is 0 Å². The van der Waals surface area contributed by atoms with Crippen LogP contribution in [0.5, 0.6) is 0 Å². The Morgan fingerprint density at radius 1 is 1.21 bits per heavy atom. The van der Waals surface area contributed by atoms with Crippen molar-refractivity contribution in [2.45, 2.75) is 44.9 Å². The molecule has 1 fully saturated rings. The summed E-state index contributed by atoms with van der Waals surface area (Å²) in [6.07, 6.45) is 8.87. The summed E-state index contributed by atoms with van der Waals surface area (Å²) in [6.45, 7) is 2.12. The van der Waals surface area contributed by atoms with E-state index in [4.69, 9.17) is 5.11 Å². The molecular weight excluding hydrogens is 236 g/mol. The van der Waals surface area contributed by atoms with Crippen molar-refractivity contribution in [3.8, 4) is 0 Å². The quantitative estimate of drug-likeness (QED) is 0.817. The van der Waals surface area contributed by atoms with Crippen LogP contribution >= 0.6 is 0 Å². The third kappa shape index (κ3) is 4.23. The van der Waals surface area contributed by atoms with Crippen molar-refractivity contribution in [1.82, 2.24) is 0 Å². The van der Waals surface area contributed by atoms with Gasteiger partial charge in [0.25, 0.3) is 0 Å². The van der Waals surface area contributed by atoms with E-state index in [0.29, 0.717) is 11.8 Å². The minimum atomic E-state index is -0.839. The molecule has 1 aromatic carbocycles. The molecule has 2 nitrogen and oxygen atoms in total. The number of carbonyl (C=O) groups is 1. The Morgan fingerprint density at radius 3 is 2.42 bits per heavy atom. The first-order chi connectivity index (χ1) is 9.15. The number of hydrogen-bond acceptors (Lipinski definition) is 1. The molecule has 0 saturated heterocycles. The highest BCUT2D eigenvalue weighted by atomic mass is 16.4. The Morgan fingerprint density at radius 2 is 1.84 bits per heavy atom. The number of carboxylic acid groups (broad SMARTS) is 1. The topological polar surface area (TPSA) is 37.3 Å². The van der Waals surface area contributed by atoms with Gasteiger partial charge in [-0.1, -0.05) is 35.9 Å². The van der Waals surface area contributed by atoms with Gasteiger partial charge in [-0.15, -0.1) is 0 Å². The van der Waals surface area contributed by atoms with Gasteiger partial charge < -0.3 is 5.11 Å². The van der Waals surface area contributed by atoms with E-state index in [1.54, 1.807) is 6.08 Å². The standard InChI is InChI=1S/C17H22O2/c1-13-5-9-15(10-6-13)16-11-7-14(8-12-16)3-2-4-17(18)19/h2,4-6,9-10,14,16H,3,7-8,11-12H2,1H3,(H,18,19)/b4-2+. The first-order valence-corrected chi connectivity index (χ1v) is 7.11. The number of hydrogen-bond donors (Lipinski definition) is 1. The van der Waals surface area contributed by atoms with Crippen molar-refractivity contribution in [3.05, 3.63) is 47.5 Å². The van der Waals surface area contributed by atoms with Crippen LogP contribution in [0.1, 0.15) is 49.1 Å².